The topological polar surface area (TPSA) is 157 Å². The Morgan fingerprint density at radius 1 is 0.973 bits per heavy atom. The summed E-state index contributed by atoms with van der Waals surface area (Å²) in [5.41, 5.74) is 0.295. The molecule has 0 aromatic heterocycles. The van der Waals surface area contributed by atoms with Crippen molar-refractivity contribution in [3.63, 3.8) is 0 Å². The summed E-state index contributed by atoms with van der Waals surface area (Å²) in [4.78, 5) is 58.2. The number of nitrogens with one attached hydrogen (secondary N) is 3. The van der Waals surface area contributed by atoms with Gasteiger partial charge in [0.05, 0.1) is 6.04 Å². The Balaban J connectivity index is 1.84. The number of likely N-dealkylation sites (tertiary alicyclic amines) is 1. The van der Waals surface area contributed by atoms with Crippen molar-refractivity contribution in [2.24, 2.45) is 0 Å². The molecule has 198 valence electrons. The van der Waals surface area contributed by atoms with Crippen LogP contribution >= 0.6 is 7.82 Å². The highest BCUT2D eigenvalue weighted by atomic mass is 31.2. The third-order valence-corrected chi connectivity index (χ3v) is 7.17. The highest BCUT2D eigenvalue weighted by molar-refractivity contribution is 7.46. The van der Waals surface area contributed by atoms with Crippen LogP contribution in [0.2, 0.25) is 0 Å². The van der Waals surface area contributed by atoms with E-state index in [-0.39, 0.29) is 24.3 Å². The summed E-state index contributed by atoms with van der Waals surface area (Å²) >= 11 is 0. The normalized spacial score (nSPS) is 23.6. The average Bonchev–Trinajstić information content (AvgIpc) is 3.47. The maximum absolute atomic E-state index is 13.7. The van der Waals surface area contributed by atoms with Crippen molar-refractivity contribution in [1.29, 1.82) is 0 Å². The molecule has 2 saturated heterocycles. The van der Waals surface area contributed by atoms with Crippen LogP contribution in [-0.2, 0) is 29.2 Å². The first-order valence-corrected chi connectivity index (χ1v) is 13.6. The summed E-state index contributed by atoms with van der Waals surface area (Å²) in [6.45, 7) is 3.66. The quantitative estimate of drug-likeness (QED) is 0.342. The SMILES string of the molecule is CC(=O)Nc1ccc(C2CCN(C(=O)[C@@H]3CCCN3)[C@]2(OP(=O)(O)O)c2ccc(NC(C)=O)cc2)cc1. The number of phosphoric acid groups is 1. The lowest BCUT2D eigenvalue weighted by molar-refractivity contribution is -0.156. The zero-order valence-corrected chi connectivity index (χ0v) is 21.5. The number of carbonyl (C=O) groups is 3. The van der Waals surface area contributed by atoms with Gasteiger partial charge in [-0.25, -0.2) is 4.57 Å². The first-order chi connectivity index (χ1) is 17.5. The largest absolute Gasteiger partial charge is 0.472 e. The summed E-state index contributed by atoms with van der Waals surface area (Å²) in [7, 11) is -5.12. The molecular formula is C25H31N4O7P. The molecule has 5 N–H and O–H groups in total. The van der Waals surface area contributed by atoms with E-state index >= 15 is 0 Å². The van der Waals surface area contributed by atoms with E-state index < -0.39 is 25.5 Å². The van der Waals surface area contributed by atoms with Gasteiger partial charge in [-0.15, -0.1) is 0 Å². The van der Waals surface area contributed by atoms with Crippen molar-refractivity contribution in [3.05, 3.63) is 59.7 Å². The van der Waals surface area contributed by atoms with Gasteiger partial charge in [0.2, 0.25) is 17.7 Å². The number of phosphoric ester groups is 1. The van der Waals surface area contributed by atoms with E-state index in [4.69, 9.17) is 4.52 Å². The number of hydrogen-bond acceptors (Lipinski definition) is 6. The Morgan fingerprint density at radius 3 is 2.03 bits per heavy atom. The van der Waals surface area contributed by atoms with Gasteiger partial charge in [-0.1, -0.05) is 24.3 Å². The predicted molar refractivity (Wildman–Crippen MR) is 136 cm³/mol. The lowest BCUT2D eigenvalue weighted by Gasteiger charge is -2.43. The van der Waals surface area contributed by atoms with Crippen LogP contribution in [0.3, 0.4) is 0 Å². The lowest BCUT2D eigenvalue weighted by Crippen LogP contribution is -2.54. The zero-order valence-electron chi connectivity index (χ0n) is 20.6. The van der Waals surface area contributed by atoms with Gasteiger partial charge in [0.15, 0.2) is 5.72 Å². The molecule has 4 rings (SSSR count). The summed E-state index contributed by atoms with van der Waals surface area (Å²) in [6.07, 6.45) is 1.81. The molecule has 37 heavy (non-hydrogen) atoms. The van der Waals surface area contributed by atoms with Crippen molar-refractivity contribution in [2.45, 2.75) is 50.8 Å². The minimum atomic E-state index is -5.12. The van der Waals surface area contributed by atoms with Crippen LogP contribution < -0.4 is 16.0 Å². The summed E-state index contributed by atoms with van der Waals surface area (Å²) in [6, 6.07) is 12.8. The summed E-state index contributed by atoms with van der Waals surface area (Å²) in [5.74, 6) is -1.43. The van der Waals surface area contributed by atoms with Crippen LogP contribution in [0.1, 0.15) is 50.2 Å². The van der Waals surface area contributed by atoms with E-state index in [1.165, 1.54) is 18.7 Å². The van der Waals surface area contributed by atoms with Crippen LogP contribution in [0.4, 0.5) is 11.4 Å². The van der Waals surface area contributed by atoms with Crippen LogP contribution in [-0.4, -0.2) is 51.5 Å². The minimum absolute atomic E-state index is 0.211. The first kappa shape index (κ1) is 27.0. The second-order valence-corrected chi connectivity index (χ2v) is 10.5. The molecule has 2 aliphatic heterocycles. The number of rotatable bonds is 7. The molecule has 11 nitrogen and oxygen atoms in total. The van der Waals surface area contributed by atoms with E-state index in [1.807, 2.05) is 0 Å². The second kappa shape index (κ2) is 10.7. The van der Waals surface area contributed by atoms with Gasteiger partial charge in [-0.2, -0.15) is 0 Å². The first-order valence-electron chi connectivity index (χ1n) is 12.1. The Morgan fingerprint density at radius 2 is 1.54 bits per heavy atom. The van der Waals surface area contributed by atoms with E-state index in [2.05, 4.69) is 16.0 Å². The highest BCUT2D eigenvalue weighted by Gasteiger charge is 2.57. The lowest BCUT2D eigenvalue weighted by atomic mass is 9.83. The van der Waals surface area contributed by atoms with Crippen molar-refractivity contribution in [1.82, 2.24) is 10.2 Å². The molecule has 3 atom stereocenters. The van der Waals surface area contributed by atoms with E-state index in [0.29, 0.717) is 41.9 Å². The minimum Gasteiger partial charge on any atom is -0.326 e. The fourth-order valence-electron chi connectivity index (χ4n) is 5.26. The molecule has 0 radical (unpaired) electrons. The molecule has 2 fully saturated rings. The van der Waals surface area contributed by atoms with Gasteiger partial charge in [0.25, 0.3) is 0 Å². The molecule has 2 aromatic rings. The van der Waals surface area contributed by atoms with Gasteiger partial charge < -0.3 is 30.6 Å². The van der Waals surface area contributed by atoms with Crippen LogP contribution in [0.5, 0.6) is 0 Å². The van der Waals surface area contributed by atoms with E-state index in [0.717, 1.165) is 6.42 Å². The Hall–Kier alpha value is -3.08. The molecule has 0 saturated carbocycles. The predicted octanol–water partition coefficient (Wildman–Crippen LogP) is 2.63. The molecule has 2 aromatic carbocycles. The highest BCUT2D eigenvalue weighted by Crippen LogP contribution is 2.57. The fraction of sp³-hybridized carbons (Fsp3) is 0.400. The van der Waals surface area contributed by atoms with Crippen LogP contribution in [0, 0.1) is 0 Å². The maximum Gasteiger partial charge on any atom is 0.472 e. The van der Waals surface area contributed by atoms with Gasteiger partial charge in [0.1, 0.15) is 0 Å². The van der Waals surface area contributed by atoms with Crippen LogP contribution in [0.15, 0.2) is 48.5 Å². The number of anilines is 2. The third-order valence-electron chi connectivity index (χ3n) is 6.65. The van der Waals surface area contributed by atoms with Gasteiger partial charge in [-0.05, 0) is 55.6 Å². The molecule has 0 spiro atoms. The molecule has 1 unspecified atom stereocenters. The third kappa shape index (κ3) is 5.92. The number of amides is 3. The zero-order chi connectivity index (χ0) is 26.8. The van der Waals surface area contributed by atoms with Gasteiger partial charge in [0, 0.05) is 43.2 Å². The molecule has 3 amide bonds. The average molecular weight is 531 g/mol. The smallest absolute Gasteiger partial charge is 0.326 e. The van der Waals surface area contributed by atoms with Crippen molar-refractivity contribution < 1.29 is 33.3 Å². The molecule has 2 aliphatic rings. The Labute approximate surface area is 214 Å². The standard InChI is InChI=1S/C25H31N4O7P/c1-16(30)27-20-9-5-18(6-10-20)22-13-15-29(24(32)23-4-3-14-26-23)25(22,36-37(33,34)35)19-7-11-21(12-8-19)28-17(2)31/h5-12,22-23,26H,3-4,13-15H2,1-2H3,(H,27,30)(H,28,31)(H2,33,34,35)/t22?,23-,25-/m0/s1. The summed E-state index contributed by atoms with van der Waals surface area (Å²) in [5, 5.41) is 8.53. The monoisotopic (exact) mass is 530 g/mol. The molecule has 12 heteroatoms. The second-order valence-electron chi connectivity index (χ2n) is 9.32. The summed E-state index contributed by atoms with van der Waals surface area (Å²) < 4.78 is 18.1. The number of nitrogens with zero attached hydrogens (tertiary/aromatic N) is 1. The van der Waals surface area contributed by atoms with Crippen LogP contribution in [0.25, 0.3) is 0 Å². The van der Waals surface area contributed by atoms with Crippen molar-refractivity contribution in [2.75, 3.05) is 23.7 Å². The van der Waals surface area contributed by atoms with E-state index in [1.54, 1.807) is 48.5 Å². The Kier molecular flexibility index (Phi) is 7.82. The Bertz CT molecular complexity index is 1210. The molecule has 0 aliphatic carbocycles. The number of hydrogen-bond donors (Lipinski definition) is 5. The van der Waals surface area contributed by atoms with Gasteiger partial charge >= 0.3 is 7.82 Å². The number of benzene rings is 2. The molecule has 0 bridgehead atoms. The fourth-order valence-corrected chi connectivity index (χ4v) is 5.95. The van der Waals surface area contributed by atoms with E-state index in [9.17, 15) is 28.7 Å². The number of carbonyl (C=O) groups excluding carboxylic acids is 3. The van der Waals surface area contributed by atoms with Gasteiger partial charge in [-0.3, -0.25) is 18.9 Å². The van der Waals surface area contributed by atoms with Crippen molar-refractivity contribution in [3.8, 4) is 0 Å². The molecular weight excluding hydrogens is 499 g/mol. The molecule has 2 heterocycles. The van der Waals surface area contributed by atoms with Crippen molar-refractivity contribution >= 4 is 36.9 Å². The maximum atomic E-state index is 13.7.